The summed E-state index contributed by atoms with van der Waals surface area (Å²) in [7, 11) is 0. The Bertz CT molecular complexity index is 613. The van der Waals surface area contributed by atoms with Gasteiger partial charge in [-0.25, -0.2) is 0 Å². The number of nitrogens with zero attached hydrogens (tertiary/aromatic N) is 3. The molecule has 4 nitrogen and oxygen atoms in total. The molecule has 2 heterocycles. The number of benzene rings is 1. The average Bonchev–Trinajstić information content (AvgIpc) is 3.35. The van der Waals surface area contributed by atoms with Gasteiger partial charge in [-0.15, -0.1) is 0 Å². The Labute approximate surface area is 150 Å². The fourth-order valence-electron chi connectivity index (χ4n) is 4.59. The maximum absolute atomic E-state index is 12.8. The first-order valence-corrected chi connectivity index (χ1v) is 9.96. The molecule has 1 aromatic rings. The maximum atomic E-state index is 12.8. The number of hydrogen-bond acceptors (Lipinski definition) is 3. The van der Waals surface area contributed by atoms with Gasteiger partial charge in [-0.1, -0.05) is 43.2 Å². The Hall–Kier alpha value is -1.84. The number of aliphatic imine (C=N–C) groups is 1. The zero-order valence-electron chi connectivity index (χ0n) is 15.1. The molecule has 25 heavy (non-hydrogen) atoms. The van der Waals surface area contributed by atoms with Gasteiger partial charge < -0.3 is 4.90 Å². The molecule has 1 saturated carbocycles. The molecule has 0 N–H and O–H groups in total. The summed E-state index contributed by atoms with van der Waals surface area (Å²) < 4.78 is 0. The molecular formula is C21H29N3O. The van der Waals surface area contributed by atoms with Crippen molar-refractivity contribution in [2.45, 2.75) is 44.9 Å². The van der Waals surface area contributed by atoms with Crippen LogP contribution in [0.5, 0.6) is 0 Å². The van der Waals surface area contributed by atoms with Crippen molar-refractivity contribution >= 4 is 11.9 Å². The van der Waals surface area contributed by atoms with Gasteiger partial charge in [0, 0.05) is 25.6 Å². The second-order valence-electron chi connectivity index (χ2n) is 7.77. The van der Waals surface area contributed by atoms with E-state index in [1.807, 2.05) is 4.90 Å². The number of amides is 1. The minimum absolute atomic E-state index is 0.249. The van der Waals surface area contributed by atoms with E-state index >= 15 is 0 Å². The van der Waals surface area contributed by atoms with Crippen LogP contribution in [0.25, 0.3) is 0 Å². The van der Waals surface area contributed by atoms with E-state index in [2.05, 4.69) is 40.2 Å². The Balaban J connectivity index is 1.33. The van der Waals surface area contributed by atoms with Crippen LogP contribution in [0, 0.1) is 11.8 Å². The Kier molecular flexibility index (Phi) is 5.04. The first-order chi connectivity index (χ1) is 12.3. The van der Waals surface area contributed by atoms with Gasteiger partial charge >= 0.3 is 0 Å². The molecule has 0 bridgehead atoms. The van der Waals surface area contributed by atoms with Crippen LogP contribution in [0.1, 0.15) is 44.1 Å². The van der Waals surface area contributed by atoms with Crippen molar-refractivity contribution < 1.29 is 4.79 Å². The third-order valence-electron chi connectivity index (χ3n) is 6.05. The van der Waals surface area contributed by atoms with Gasteiger partial charge in [0.25, 0.3) is 0 Å². The molecule has 2 fully saturated rings. The lowest BCUT2D eigenvalue weighted by atomic mass is 9.90. The molecule has 134 valence electrons. The van der Waals surface area contributed by atoms with Gasteiger partial charge in [-0.3, -0.25) is 14.7 Å². The van der Waals surface area contributed by atoms with E-state index in [1.54, 1.807) is 0 Å². The standard InChI is InChI=1S/C21H29N3O/c25-20(19-8-4-5-9-19)24-15-12-22-21(24)23-13-10-18(11-14-23)16-17-6-2-1-3-7-17/h1-3,6-7,18-19H,4-5,8-16H2. The van der Waals surface area contributed by atoms with Crippen molar-refractivity contribution in [2.75, 3.05) is 26.2 Å². The Morgan fingerprint density at radius 1 is 1.00 bits per heavy atom. The topological polar surface area (TPSA) is 35.9 Å². The molecule has 0 radical (unpaired) electrons. The van der Waals surface area contributed by atoms with E-state index in [1.165, 1.54) is 37.7 Å². The fourth-order valence-corrected chi connectivity index (χ4v) is 4.59. The van der Waals surface area contributed by atoms with Crippen LogP contribution >= 0.6 is 0 Å². The molecule has 1 saturated heterocycles. The van der Waals surface area contributed by atoms with Gasteiger partial charge in [0.05, 0.1) is 6.54 Å². The van der Waals surface area contributed by atoms with Crippen LogP contribution < -0.4 is 0 Å². The Morgan fingerprint density at radius 3 is 2.44 bits per heavy atom. The fraction of sp³-hybridized carbons (Fsp3) is 0.619. The zero-order chi connectivity index (χ0) is 17.1. The minimum Gasteiger partial charge on any atom is -0.342 e. The van der Waals surface area contributed by atoms with Crippen molar-refractivity contribution in [2.24, 2.45) is 16.8 Å². The highest BCUT2D eigenvalue weighted by atomic mass is 16.2. The van der Waals surface area contributed by atoms with Gasteiger partial charge in [-0.05, 0) is 43.6 Å². The van der Waals surface area contributed by atoms with Gasteiger partial charge in [-0.2, -0.15) is 0 Å². The summed E-state index contributed by atoms with van der Waals surface area (Å²) in [4.78, 5) is 21.9. The summed E-state index contributed by atoms with van der Waals surface area (Å²) in [6.45, 7) is 3.63. The lowest BCUT2D eigenvalue weighted by molar-refractivity contribution is -0.131. The molecule has 1 aliphatic carbocycles. The molecule has 0 aromatic heterocycles. The Morgan fingerprint density at radius 2 is 1.72 bits per heavy atom. The van der Waals surface area contributed by atoms with Crippen molar-refractivity contribution in [3.8, 4) is 0 Å². The molecule has 1 aromatic carbocycles. The van der Waals surface area contributed by atoms with Crippen LogP contribution in [-0.4, -0.2) is 47.8 Å². The molecule has 3 aliphatic rings. The quantitative estimate of drug-likeness (QED) is 0.847. The molecule has 0 unspecified atom stereocenters. The third-order valence-corrected chi connectivity index (χ3v) is 6.05. The first-order valence-electron chi connectivity index (χ1n) is 9.96. The second kappa shape index (κ2) is 7.59. The monoisotopic (exact) mass is 339 g/mol. The number of guanidine groups is 1. The van der Waals surface area contributed by atoms with Crippen LogP contribution in [-0.2, 0) is 11.2 Å². The number of carbonyl (C=O) groups is 1. The third kappa shape index (κ3) is 3.73. The average molecular weight is 339 g/mol. The summed E-state index contributed by atoms with van der Waals surface area (Å²) in [6.07, 6.45) is 8.12. The minimum atomic E-state index is 0.249. The summed E-state index contributed by atoms with van der Waals surface area (Å²) in [5.74, 6) is 2.30. The lowest BCUT2D eigenvalue weighted by Gasteiger charge is -2.36. The summed E-state index contributed by atoms with van der Waals surface area (Å²) >= 11 is 0. The largest absolute Gasteiger partial charge is 0.342 e. The lowest BCUT2D eigenvalue weighted by Crippen LogP contribution is -2.49. The molecule has 1 amide bonds. The highest BCUT2D eigenvalue weighted by Gasteiger charge is 2.35. The molecule has 4 rings (SSSR count). The van der Waals surface area contributed by atoms with Crippen LogP contribution in [0.15, 0.2) is 35.3 Å². The molecule has 0 atom stereocenters. The summed E-state index contributed by atoms with van der Waals surface area (Å²) in [5, 5.41) is 0. The van der Waals surface area contributed by atoms with E-state index in [0.29, 0.717) is 5.91 Å². The molecule has 2 aliphatic heterocycles. The maximum Gasteiger partial charge on any atom is 0.232 e. The number of carbonyl (C=O) groups excluding carboxylic acids is 1. The van der Waals surface area contributed by atoms with E-state index in [9.17, 15) is 4.79 Å². The second-order valence-corrected chi connectivity index (χ2v) is 7.77. The van der Waals surface area contributed by atoms with Gasteiger partial charge in [0.15, 0.2) is 0 Å². The van der Waals surface area contributed by atoms with E-state index in [4.69, 9.17) is 0 Å². The number of likely N-dealkylation sites (tertiary alicyclic amines) is 1. The van der Waals surface area contributed by atoms with E-state index < -0.39 is 0 Å². The van der Waals surface area contributed by atoms with E-state index in [-0.39, 0.29) is 5.92 Å². The summed E-state index contributed by atoms with van der Waals surface area (Å²) in [5.41, 5.74) is 1.44. The van der Waals surface area contributed by atoms with Crippen molar-refractivity contribution in [1.29, 1.82) is 0 Å². The van der Waals surface area contributed by atoms with Crippen LogP contribution in [0.3, 0.4) is 0 Å². The molecular weight excluding hydrogens is 310 g/mol. The van der Waals surface area contributed by atoms with Crippen molar-refractivity contribution in [3.05, 3.63) is 35.9 Å². The molecule has 4 heteroatoms. The first kappa shape index (κ1) is 16.6. The van der Waals surface area contributed by atoms with Gasteiger partial charge in [0.1, 0.15) is 0 Å². The molecule has 0 spiro atoms. The number of piperidine rings is 1. The van der Waals surface area contributed by atoms with Crippen molar-refractivity contribution in [1.82, 2.24) is 9.80 Å². The normalized spacial score (nSPS) is 22.5. The highest BCUT2D eigenvalue weighted by molar-refractivity contribution is 5.99. The summed E-state index contributed by atoms with van der Waals surface area (Å²) in [6, 6.07) is 10.8. The van der Waals surface area contributed by atoms with Crippen LogP contribution in [0.2, 0.25) is 0 Å². The smallest absolute Gasteiger partial charge is 0.232 e. The zero-order valence-corrected chi connectivity index (χ0v) is 15.1. The highest BCUT2D eigenvalue weighted by Crippen LogP contribution is 2.29. The van der Waals surface area contributed by atoms with Gasteiger partial charge in [0.2, 0.25) is 11.9 Å². The SMILES string of the molecule is O=C(C1CCCC1)N1CCN=C1N1CCC(Cc2ccccc2)CC1. The van der Waals surface area contributed by atoms with Crippen molar-refractivity contribution in [3.63, 3.8) is 0 Å². The van der Waals surface area contributed by atoms with E-state index in [0.717, 1.165) is 50.9 Å². The number of rotatable bonds is 3. The van der Waals surface area contributed by atoms with Crippen LogP contribution in [0.4, 0.5) is 0 Å². The predicted octanol–water partition coefficient (Wildman–Crippen LogP) is 3.33. The predicted molar refractivity (Wildman–Crippen MR) is 100 cm³/mol. The number of hydrogen-bond donors (Lipinski definition) is 0.